The molecule has 2 aromatic heterocycles. The van der Waals surface area contributed by atoms with Crippen molar-refractivity contribution >= 4 is 28.2 Å². The highest BCUT2D eigenvalue weighted by Gasteiger charge is 2.25. The minimum absolute atomic E-state index is 0.138. The van der Waals surface area contributed by atoms with Gasteiger partial charge in [-0.2, -0.15) is 0 Å². The molecule has 7 heteroatoms. The van der Waals surface area contributed by atoms with Gasteiger partial charge in [0.25, 0.3) is 5.56 Å². The van der Waals surface area contributed by atoms with Crippen molar-refractivity contribution in [1.82, 2.24) is 4.57 Å². The van der Waals surface area contributed by atoms with Gasteiger partial charge in [-0.1, -0.05) is 36.4 Å². The highest BCUT2D eigenvalue weighted by Crippen LogP contribution is 2.40. The first kappa shape index (κ1) is 20.5. The first-order valence-corrected chi connectivity index (χ1v) is 10.1. The van der Waals surface area contributed by atoms with Crippen molar-refractivity contribution in [2.45, 2.75) is 27.3 Å². The van der Waals surface area contributed by atoms with Crippen LogP contribution in [0.1, 0.15) is 27.7 Å². The summed E-state index contributed by atoms with van der Waals surface area (Å²) >= 11 is 1.32. The summed E-state index contributed by atoms with van der Waals surface area (Å²) < 4.78 is 6.58. The van der Waals surface area contributed by atoms with E-state index in [9.17, 15) is 14.4 Å². The number of pyridine rings is 1. The van der Waals surface area contributed by atoms with Crippen molar-refractivity contribution in [2.75, 3.05) is 11.9 Å². The molecule has 1 amide bonds. The standard InChI is InChI=1S/C22H22N2O4S/c1-4-28-22(27)19-18(16-10-6-5-7-11-16)15(3)29-20(19)23-17(25)13-24-12-8-9-14(2)21(24)26/h5-12H,4,13H2,1-3H3,(H,23,25). The lowest BCUT2D eigenvalue weighted by molar-refractivity contribution is -0.116. The van der Waals surface area contributed by atoms with Crippen LogP contribution in [0.25, 0.3) is 11.1 Å². The molecular formula is C22H22N2O4S. The summed E-state index contributed by atoms with van der Waals surface area (Å²) in [5.41, 5.74) is 2.30. The number of ether oxygens (including phenoxy) is 1. The van der Waals surface area contributed by atoms with Crippen LogP contribution in [0.5, 0.6) is 0 Å². The average Bonchev–Trinajstić information content (AvgIpc) is 3.02. The van der Waals surface area contributed by atoms with Gasteiger partial charge in [0.05, 0.1) is 6.61 Å². The first-order chi connectivity index (χ1) is 13.9. The van der Waals surface area contributed by atoms with Crippen LogP contribution in [0.15, 0.2) is 53.5 Å². The van der Waals surface area contributed by atoms with Gasteiger partial charge in [-0.15, -0.1) is 11.3 Å². The number of anilines is 1. The third-order valence-corrected chi connectivity index (χ3v) is 5.42. The molecule has 0 atom stereocenters. The van der Waals surface area contributed by atoms with Gasteiger partial charge in [-0.05, 0) is 32.4 Å². The van der Waals surface area contributed by atoms with Gasteiger partial charge in [0.2, 0.25) is 5.91 Å². The second-order valence-corrected chi connectivity index (χ2v) is 7.72. The minimum atomic E-state index is -0.487. The molecule has 0 saturated heterocycles. The summed E-state index contributed by atoms with van der Waals surface area (Å²) in [7, 11) is 0. The lowest BCUT2D eigenvalue weighted by atomic mass is 10.0. The van der Waals surface area contributed by atoms with E-state index >= 15 is 0 Å². The first-order valence-electron chi connectivity index (χ1n) is 9.24. The highest BCUT2D eigenvalue weighted by atomic mass is 32.1. The predicted octanol–water partition coefficient (Wildman–Crippen LogP) is 4.01. The zero-order valence-electron chi connectivity index (χ0n) is 16.5. The van der Waals surface area contributed by atoms with Gasteiger partial charge in [-0.3, -0.25) is 9.59 Å². The number of amides is 1. The van der Waals surface area contributed by atoms with E-state index in [1.165, 1.54) is 15.9 Å². The number of carbonyl (C=O) groups is 2. The zero-order valence-corrected chi connectivity index (χ0v) is 17.3. The summed E-state index contributed by atoms with van der Waals surface area (Å²) in [6.07, 6.45) is 1.57. The number of benzene rings is 1. The number of rotatable bonds is 6. The molecule has 0 fully saturated rings. The molecule has 0 unspecified atom stereocenters. The predicted molar refractivity (Wildman–Crippen MR) is 115 cm³/mol. The second kappa shape index (κ2) is 8.87. The molecule has 0 aliphatic carbocycles. The Labute approximate surface area is 172 Å². The van der Waals surface area contributed by atoms with Crippen molar-refractivity contribution in [1.29, 1.82) is 0 Å². The number of carbonyl (C=O) groups excluding carboxylic acids is 2. The number of thiophene rings is 1. The quantitative estimate of drug-likeness (QED) is 0.623. The molecule has 29 heavy (non-hydrogen) atoms. The Balaban J connectivity index is 1.96. The summed E-state index contributed by atoms with van der Waals surface area (Å²) in [4.78, 5) is 38.4. The number of hydrogen-bond donors (Lipinski definition) is 1. The van der Waals surface area contributed by atoms with Crippen molar-refractivity contribution < 1.29 is 14.3 Å². The Hall–Kier alpha value is -3.19. The van der Waals surface area contributed by atoms with Gasteiger partial charge in [0.1, 0.15) is 17.1 Å². The highest BCUT2D eigenvalue weighted by molar-refractivity contribution is 7.17. The molecule has 0 spiro atoms. The smallest absolute Gasteiger partial charge is 0.341 e. The summed E-state index contributed by atoms with van der Waals surface area (Å²) in [5.74, 6) is -0.872. The number of nitrogens with zero attached hydrogens (tertiary/aromatic N) is 1. The number of aryl methyl sites for hydroxylation is 2. The van der Waals surface area contributed by atoms with Crippen LogP contribution in [-0.2, 0) is 16.1 Å². The molecule has 1 N–H and O–H groups in total. The average molecular weight is 410 g/mol. The SMILES string of the molecule is CCOC(=O)c1c(NC(=O)Cn2cccc(C)c2=O)sc(C)c1-c1ccccc1. The summed E-state index contributed by atoms with van der Waals surface area (Å²) in [5, 5.41) is 3.22. The molecule has 2 heterocycles. The molecule has 0 aliphatic rings. The Bertz CT molecular complexity index is 1100. The van der Waals surface area contributed by atoms with Crippen LogP contribution in [0.2, 0.25) is 0 Å². The van der Waals surface area contributed by atoms with Crippen LogP contribution in [-0.4, -0.2) is 23.1 Å². The molecule has 1 aromatic carbocycles. The van der Waals surface area contributed by atoms with Gasteiger partial charge >= 0.3 is 5.97 Å². The van der Waals surface area contributed by atoms with E-state index in [1.807, 2.05) is 37.3 Å². The van der Waals surface area contributed by atoms with Crippen LogP contribution in [0.4, 0.5) is 5.00 Å². The maximum absolute atomic E-state index is 12.7. The lowest BCUT2D eigenvalue weighted by Gasteiger charge is -2.10. The Morgan fingerprint density at radius 2 is 1.83 bits per heavy atom. The van der Waals surface area contributed by atoms with E-state index in [-0.39, 0.29) is 24.6 Å². The van der Waals surface area contributed by atoms with Gasteiger partial charge in [0, 0.05) is 22.2 Å². The maximum Gasteiger partial charge on any atom is 0.341 e. The van der Waals surface area contributed by atoms with E-state index in [4.69, 9.17) is 4.74 Å². The van der Waals surface area contributed by atoms with Crippen LogP contribution in [0, 0.1) is 13.8 Å². The van der Waals surface area contributed by atoms with Gasteiger partial charge < -0.3 is 14.6 Å². The lowest BCUT2D eigenvalue weighted by Crippen LogP contribution is -2.28. The Morgan fingerprint density at radius 1 is 1.10 bits per heavy atom. The number of nitrogens with one attached hydrogen (secondary N) is 1. The van der Waals surface area contributed by atoms with Crippen molar-refractivity contribution in [3.8, 4) is 11.1 Å². The number of aromatic nitrogens is 1. The minimum Gasteiger partial charge on any atom is -0.462 e. The Kier molecular flexibility index (Phi) is 6.29. The molecule has 150 valence electrons. The molecule has 3 aromatic rings. The van der Waals surface area contributed by atoms with Crippen LogP contribution in [0.3, 0.4) is 0 Å². The van der Waals surface area contributed by atoms with Crippen molar-refractivity contribution in [3.63, 3.8) is 0 Å². The second-order valence-electron chi connectivity index (χ2n) is 6.50. The summed E-state index contributed by atoms with van der Waals surface area (Å²) in [6, 6.07) is 12.9. The monoisotopic (exact) mass is 410 g/mol. The maximum atomic E-state index is 12.7. The van der Waals surface area contributed by atoms with E-state index in [2.05, 4.69) is 5.32 Å². The molecule has 0 saturated carbocycles. The van der Waals surface area contributed by atoms with E-state index in [0.717, 1.165) is 16.0 Å². The van der Waals surface area contributed by atoms with E-state index in [1.54, 1.807) is 32.2 Å². The van der Waals surface area contributed by atoms with Crippen LogP contribution >= 0.6 is 11.3 Å². The van der Waals surface area contributed by atoms with Crippen molar-refractivity contribution in [2.24, 2.45) is 0 Å². The molecular weight excluding hydrogens is 388 g/mol. The van der Waals surface area contributed by atoms with E-state index in [0.29, 0.717) is 16.1 Å². The molecule has 0 aliphatic heterocycles. The van der Waals surface area contributed by atoms with Gasteiger partial charge in [0.15, 0.2) is 0 Å². The largest absolute Gasteiger partial charge is 0.462 e. The topological polar surface area (TPSA) is 77.4 Å². The third-order valence-electron chi connectivity index (χ3n) is 4.40. The normalized spacial score (nSPS) is 10.6. The van der Waals surface area contributed by atoms with Crippen LogP contribution < -0.4 is 10.9 Å². The number of hydrogen-bond acceptors (Lipinski definition) is 5. The molecule has 3 rings (SSSR count). The number of esters is 1. The summed E-state index contributed by atoms with van der Waals surface area (Å²) in [6.45, 7) is 5.43. The molecule has 0 bridgehead atoms. The van der Waals surface area contributed by atoms with Gasteiger partial charge in [-0.25, -0.2) is 4.79 Å². The van der Waals surface area contributed by atoms with Crippen molar-refractivity contribution in [3.05, 3.63) is 75.0 Å². The zero-order chi connectivity index (χ0) is 21.0. The fraction of sp³-hybridized carbons (Fsp3) is 0.227. The molecule has 0 radical (unpaired) electrons. The van der Waals surface area contributed by atoms with E-state index < -0.39 is 5.97 Å². The molecule has 6 nitrogen and oxygen atoms in total. The fourth-order valence-corrected chi connectivity index (χ4v) is 4.17. The third kappa shape index (κ3) is 4.46. The fourth-order valence-electron chi connectivity index (χ4n) is 3.09. The Morgan fingerprint density at radius 3 is 2.52 bits per heavy atom.